The summed E-state index contributed by atoms with van der Waals surface area (Å²) in [4.78, 5) is 17.4. The highest BCUT2D eigenvalue weighted by molar-refractivity contribution is 9.10. The normalized spacial score (nSPS) is 11.1. The predicted molar refractivity (Wildman–Crippen MR) is 124 cm³/mol. The molecular formula is C24H14BrClN2O2. The Hall–Kier alpha value is -3.15. The van der Waals surface area contributed by atoms with Gasteiger partial charge in [0.1, 0.15) is 5.52 Å². The predicted octanol–water partition coefficient (Wildman–Crippen LogP) is 7.32. The van der Waals surface area contributed by atoms with E-state index in [0.717, 1.165) is 15.2 Å². The van der Waals surface area contributed by atoms with Crippen molar-refractivity contribution in [2.45, 2.75) is 0 Å². The van der Waals surface area contributed by atoms with Gasteiger partial charge in [-0.2, -0.15) is 0 Å². The Balaban J connectivity index is 1.48. The molecule has 0 spiro atoms. The number of anilines is 1. The van der Waals surface area contributed by atoms with Crippen molar-refractivity contribution < 1.29 is 9.21 Å². The zero-order valence-corrected chi connectivity index (χ0v) is 17.9. The Morgan fingerprint density at radius 1 is 0.967 bits per heavy atom. The van der Waals surface area contributed by atoms with E-state index in [9.17, 15) is 4.79 Å². The molecule has 1 heterocycles. The van der Waals surface area contributed by atoms with Gasteiger partial charge in [-0.1, -0.05) is 63.9 Å². The number of aromatic nitrogens is 1. The molecule has 4 aromatic carbocycles. The van der Waals surface area contributed by atoms with Gasteiger partial charge in [0.05, 0.1) is 10.6 Å². The van der Waals surface area contributed by atoms with Crippen LogP contribution < -0.4 is 5.32 Å². The first-order valence-electron chi connectivity index (χ1n) is 9.23. The van der Waals surface area contributed by atoms with Crippen LogP contribution in [0.2, 0.25) is 5.02 Å². The van der Waals surface area contributed by atoms with Crippen LogP contribution in [0.4, 0.5) is 5.69 Å². The Kier molecular flexibility index (Phi) is 4.77. The number of carbonyl (C=O) groups excluding carboxylic acids is 1. The summed E-state index contributed by atoms with van der Waals surface area (Å²) >= 11 is 9.74. The van der Waals surface area contributed by atoms with Crippen molar-refractivity contribution in [3.05, 3.63) is 93.9 Å². The number of hydrogen-bond donors (Lipinski definition) is 1. The van der Waals surface area contributed by atoms with Gasteiger partial charge in [-0.05, 0) is 53.2 Å². The summed E-state index contributed by atoms with van der Waals surface area (Å²) in [6, 6.07) is 24.4. The molecule has 1 amide bonds. The van der Waals surface area contributed by atoms with E-state index in [0.29, 0.717) is 38.8 Å². The average Bonchev–Trinajstić information content (AvgIpc) is 3.18. The minimum absolute atomic E-state index is 0.176. The minimum Gasteiger partial charge on any atom is -0.436 e. The number of amides is 1. The van der Waals surface area contributed by atoms with Crippen molar-refractivity contribution in [3.8, 4) is 11.5 Å². The van der Waals surface area contributed by atoms with Crippen molar-refractivity contribution in [3.63, 3.8) is 0 Å². The molecule has 1 N–H and O–H groups in total. The summed E-state index contributed by atoms with van der Waals surface area (Å²) < 4.78 is 6.74. The summed E-state index contributed by atoms with van der Waals surface area (Å²) in [5.74, 6) is 0.249. The van der Waals surface area contributed by atoms with Gasteiger partial charge in [-0.25, -0.2) is 4.98 Å². The van der Waals surface area contributed by atoms with Gasteiger partial charge < -0.3 is 9.73 Å². The van der Waals surface area contributed by atoms with Gasteiger partial charge in [0.2, 0.25) is 5.89 Å². The molecule has 0 aliphatic carbocycles. The highest BCUT2D eigenvalue weighted by Gasteiger charge is 2.14. The molecule has 5 rings (SSSR count). The highest BCUT2D eigenvalue weighted by atomic mass is 79.9. The van der Waals surface area contributed by atoms with E-state index in [2.05, 4.69) is 26.2 Å². The lowest BCUT2D eigenvalue weighted by Crippen LogP contribution is -2.12. The third-order valence-corrected chi connectivity index (χ3v) is 5.66. The largest absolute Gasteiger partial charge is 0.436 e. The SMILES string of the molecule is O=C(Nc1ccc2oc(-c3cc(Br)ccc3Cl)nc2c1)c1cccc2ccccc12. The number of nitrogens with one attached hydrogen (secondary N) is 1. The van der Waals surface area contributed by atoms with Crippen LogP contribution in [0, 0.1) is 0 Å². The Morgan fingerprint density at radius 2 is 1.80 bits per heavy atom. The second-order valence-electron chi connectivity index (χ2n) is 6.81. The van der Waals surface area contributed by atoms with Crippen LogP contribution in [0.1, 0.15) is 10.4 Å². The van der Waals surface area contributed by atoms with E-state index < -0.39 is 0 Å². The molecule has 0 aliphatic rings. The Morgan fingerprint density at radius 3 is 2.70 bits per heavy atom. The summed E-state index contributed by atoms with van der Waals surface area (Å²) in [6.45, 7) is 0. The number of rotatable bonds is 3. The van der Waals surface area contributed by atoms with Crippen molar-refractivity contribution in [2.75, 3.05) is 5.32 Å². The van der Waals surface area contributed by atoms with Gasteiger partial charge >= 0.3 is 0 Å². The number of nitrogens with zero attached hydrogens (tertiary/aromatic N) is 1. The molecule has 6 heteroatoms. The van der Waals surface area contributed by atoms with E-state index in [-0.39, 0.29) is 5.91 Å². The molecule has 30 heavy (non-hydrogen) atoms. The summed E-state index contributed by atoms with van der Waals surface area (Å²) in [7, 11) is 0. The lowest BCUT2D eigenvalue weighted by atomic mass is 10.0. The van der Waals surface area contributed by atoms with Gasteiger partial charge in [-0.3, -0.25) is 4.79 Å². The van der Waals surface area contributed by atoms with Crippen LogP contribution >= 0.6 is 27.5 Å². The number of hydrogen-bond acceptors (Lipinski definition) is 3. The molecule has 0 saturated heterocycles. The standard InChI is InChI=1S/C24H14BrClN2O2/c25-15-8-10-20(26)19(12-15)24-28-21-13-16(9-11-22(21)30-24)27-23(29)18-7-3-5-14-4-1-2-6-17(14)18/h1-13H,(H,27,29). The summed E-state index contributed by atoms with van der Waals surface area (Å²) in [5, 5.41) is 5.44. The second kappa shape index (κ2) is 7.59. The molecule has 4 nitrogen and oxygen atoms in total. The van der Waals surface area contributed by atoms with Crippen LogP contribution in [0.25, 0.3) is 33.3 Å². The highest BCUT2D eigenvalue weighted by Crippen LogP contribution is 2.33. The summed E-state index contributed by atoms with van der Waals surface area (Å²) in [6.07, 6.45) is 0. The molecule has 0 fully saturated rings. The van der Waals surface area contributed by atoms with Crippen LogP contribution in [-0.2, 0) is 0 Å². The van der Waals surface area contributed by atoms with E-state index in [1.165, 1.54) is 0 Å². The summed E-state index contributed by atoms with van der Waals surface area (Å²) in [5.41, 5.74) is 3.21. The maximum absolute atomic E-state index is 12.9. The monoisotopic (exact) mass is 476 g/mol. The zero-order valence-electron chi connectivity index (χ0n) is 15.5. The number of fused-ring (bicyclic) bond motifs is 2. The maximum atomic E-state index is 12.9. The lowest BCUT2D eigenvalue weighted by Gasteiger charge is -2.08. The molecule has 0 atom stereocenters. The molecule has 0 radical (unpaired) electrons. The Labute approximate surface area is 185 Å². The van der Waals surface area contributed by atoms with Gasteiger partial charge in [0, 0.05) is 15.7 Å². The number of benzene rings is 4. The number of halogens is 2. The van der Waals surface area contributed by atoms with Crippen LogP contribution in [-0.4, -0.2) is 10.9 Å². The quantitative estimate of drug-likeness (QED) is 0.296. The van der Waals surface area contributed by atoms with E-state index in [4.69, 9.17) is 16.0 Å². The van der Waals surface area contributed by atoms with E-state index in [1.807, 2.05) is 54.6 Å². The fraction of sp³-hybridized carbons (Fsp3) is 0. The van der Waals surface area contributed by atoms with Gasteiger partial charge in [0.25, 0.3) is 5.91 Å². The third kappa shape index (κ3) is 3.47. The minimum atomic E-state index is -0.176. The molecule has 146 valence electrons. The second-order valence-corrected chi connectivity index (χ2v) is 8.13. The smallest absolute Gasteiger partial charge is 0.256 e. The van der Waals surface area contributed by atoms with Crippen LogP contribution in [0.5, 0.6) is 0 Å². The van der Waals surface area contributed by atoms with E-state index >= 15 is 0 Å². The Bertz CT molecular complexity index is 1420. The first-order valence-corrected chi connectivity index (χ1v) is 10.4. The van der Waals surface area contributed by atoms with Gasteiger partial charge in [0.15, 0.2) is 5.58 Å². The lowest BCUT2D eigenvalue weighted by molar-refractivity contribution is 0.102. The number of oxazole rings is 1. The van der Waals surface area contributed by atoms with Gasteiger partial charge in [-0.15, -0.1) is 0 Å². The van der Waals surface area contributed by atoms with Crippen LogP contribution in [0.15, 0.2) is 87.8 Å². The fourth-order valence-electron chi connectivity index (χ4n) is 3.40. The van der Waals surface area contributed by atoms with Crippen molar-refractivity contribution in [1.29, 1.82) is 0 Å². The molecule has 0 bridgehead atoms. The van der Waals surface area contributed by atoms with Crippen molar-refractivity contribution in [1.82, 2.24) is 4.98 Å². The average molecular weight is 478 g/mol. The maximum Gasteiger partial charge on any atom is 0.256 e. The van der Waals surface area contributed by atoms with Crippen molar-refractivity contribution >= 4 is 61.0 Å². The third-order valence-electron chi connectivity index (χ3n) is 4.84. The molecule has 0 aliphatic heterocycles. The zero-order chi connectivity index (χ0) is 20.7. The number of carbonyl (C=O) groups is 1. The topological polar surface area (TPSA) is 55.1 Å². The molecule has 1 aromatic heterocycles. The molecule has 5 aromatic rings. The van der Waals surface area contributed by atoms with E-state index in [1.54, 1.807) is 24.3 Å². The molecule has 0 saturated carbocycles. The molecular weight excluding hydrogens is 464 g/mol. The van der Waals surface area contributed by atoms with Crippen molar-refractivity contribution in [2.24, 2.45) is 0 Å². The fourth-order valence-corrected chi connectivity index (χ4v) is 3.96. The first kappa shape index (κ1) is 18.9. The molecule has 0 unspecified atom stereocenters. The first-order chi connectivity index (χ1) is 14.6. The van der Waals surface area contributed by atoms with Crippen LogP contribution in [0.3, 0.4) is 0 Å².